The minimum Gasteiger partial charge on any atom is -0.207 e. The molecule has 0 saturated carbocycles. The van der Waals surface area contributed by atoms with Gasteiger partial charge in [-0.05, 0) is 42.9 Å². The van der Waals surface area contributed by atoms with Gasteiger partial charge < -0.3 is 0 Å². The maximum absolute atomic E-state index is 13.2. The maximum Gasteiger partial charge on any atom is 0.252 e. The Morgan fingerprint density at radius 2 is 0.705 bits per heavy atom. The lowest BCUT2D eigenvalue weighted by Crippen LogP contribution is -2.25. The van der Waals surface area contributed by atoms with Crippen LogP contribution in [0, 0.1) is 23.7 Å². The minimum absolute atomic E-state index is 0.0157. The van der Waals surface area contributed by atoms with Crippen molar-refractivity contribution in [2.24, 2.45) is 23.7 Å². The van der Waals surface area contributed by atoms with E-state index in [1.54, 1.807) is 5.57 Å². The van der Waals surface area contributed by atoms with Gasteiger partial charge in [-0.1, -0.05) is 186 Å². The molecule has 0 heterocycles. The van der Waals surface area contributed by atoms with Gasteiger partial charge in [-0.15, -0.1) is 23.2 Å². The molecule has 0 aromatic heterocycles. The molecular weight excluding hydrogens is 589 g/mol. The van der Waals surface area contributed by atoms with E-state index in [4.69, 9.17) is 23.2 Å². The van der Waals surface area contributed by atoms with Gasteiger partial charge in [0.25, 0.3) is 5.92 Å². The second-order valence-corrected chi connectivity index (χ2v) is 14.3. The predicted octanol–water partition coefficient (Wildman–Crippen LogP) is 17.1. The SMILES string of the molecule is CC.CC.CC(C)C1=C(C(C)C)CC(Cl)(Cl)CC1.CC(C)C1=C(C(C)C)CC(F)(F)CC1.CCC.CCC.CCC.CCC. The minimum atomic E-state index is -2.46. The Kier molecular flexibility index (Phi) is 45.7. The number of alkyl halides is 4. The van der Waals surface area contributed by atoms with Crippen LogP contribution in [0.4, 0.5) is 8.78 Å². The van der Waals surface area contributed by atoms with Crippen LogP contribution in [-0.2, 0) is 0 Å². The average Bonchev–Trinajstić information content (AvgIpc) is 2.91. The van der Waals surface area contributed by atoms with Gasteiger partial charge in [0.15, 0.2) is 0 Å². The van der Waals surface area contributed by atoms with Crippen LogP contribution < -0.4 is 0 Å². The lowest BCUT2D eigenvalue weighted by atomic mass is 9.79. The van der Waals surface area contributed by atoms with E-state index in [1.165, 1.54) is 36.8 Å². The first kappa shape index (κ1) is 56.3. The molecule has 0 nitrogen and oxygen atoms in total. The number of allylic oxidation sites excluding steroid dienone is 4. The molecule has 0 unspecified atom stereocenters. The highest BCUT2D eigenvalue weighted by molar-refractivity contribution is 6.48. The molecule has 0 radical (unpaired) electrons. The lowest BCUT2D eigenvalue weighted by Gasteiger charge is -2.33. The van der Waals surface area contributed by atoms with Crippen LogP contribution in [0.1, 0.15) is 203 Å². The summed E-state index contributed by atoms with van der Waals surface area (Å²) in [7, 11) is 0. The van der Waals surface area contributed by atoms with E-state index in [-0.39, 0.29) is 18.8 Å². The fraction of sp³-hybridized carbons (Fsp3) is 0.900. The van der Waals surface area contributed by atoms with E-state index in [9.17, 15) is 8.78 Å². The summed E-state index contributed by atoms with van der Waals surface area (Å²) >= 11 is 12.4. The van der Waals surface area contributed by atoms with Crippen molar-refractivity contribution in [2.45, 2.75) is 213 Å². The average molecular weight is 674 g/mol. The summed E-state index contributed by atoms with van der Waals surface area (Å²) in [5.41, 5.74) is 5.33. The molecule has 0 spiro atoms. The summed E-state index contributed by atoms with van der Waals surface area (Å²) in [4.78, 5) is 0. The van der Waals surface area contributed by atoms with Gasteiger partial charge in [-0.3, -0.25) is 0 Å². The topological polar surface area (TPSA) is 0 Å². The molecule has 2 rings (SSSR count). The van der Waals surface area contributed by atoms with E-state index in [2.05, 4.69) is 96.9 Å². The predicted molar refractivity (Wildman–Crippen MR) is 207 cm³/mol. The van der Waals surface area contributed by atoms with Crippen LogP contribution in [0.5, 0.6) is 0 Å². The van der Waals surface area contributed by atoms with Crippen LogP contribution in [0.25, 0.3) is 0 Å². The van der Waals surface area contributed by atoms with Crippen molar-refractivity contribution in [3.8, 4) is 0 Å². The van der Waals surface area contributed by atoms with Gasteiger partial charge in [-0.2, -0.15) is 0 Å². The first-order chi connectivity index (χ1) is 20.3. The van der Waals surface area contributed by atoms with Crippen molar-refractivity contribution in [1.82, 2.24) is 0 Å². The van der Waals surface area contributed by atoms with Crippen molar-refractivity contribution in [1.29, 1.82) is 0 Å². The molecule has 0 atom stereocenters. The highest BCUT2D eigenvalue weighted by Crippen LogP contribution is 2.45. The zero-order valence-electron chi connectivity index (χ0n) is 33.9. The van der Waals surface area contributed by atoms with Crippen LogP contribution in [0.2, 0.25) is 0 Å². The van der Waals surface area contributed by atoms with E-state index >= 15 is 0 Å². The Morgan fingerprint density at radius 1 is 0.477 bits per heavy atom. The largest absolute Gasteiger partial charge is 0.252 e. The second-order valence-electron chi connectivity index (χ2n) is 12.6. The quantitative estimate of drug-likeness (QED) is 0.206. The zero-order valence-corrected chi connectivity index (χ0v) is 35.4. The Bertz CT molecular complexity index is 582. The molecule has 2 aliphatic carbocycles. The van der Waals surface area contributed by atoms with E-state index in [1.807, 2.05) is 41.5 Å². The molecule has 0 N–H and O–H groups in total. The van der Waals surface area contributed by atoms with E-state index in [0.29, 0.717) is 24.2 Å². The van der Waals surface area contributed by atoms with Gasteiger partial charge in [0.05, 0.1) is 0 Å². The zero-order chi connectivity index (χ0) is 36.7. The third kappa shape index (κ3) is 33.3. The molecule has 0 bridgehead atoms. The van der Waals surface area contributed by atoms with E-state index in [0.717, 1.165) is 24.8 Å². The number of hydrogen-bond acceptors (Lipinski definition) is 0. The Morgan fingerprint density at radius 3 is 0.955 bits per heavy atom. The summed E-state index contributed by atoms with van der Waals surface area (Å²) in [6, 6.07) is 0. The molecule has 0 fully saturated rings. The molecule has 2 aliphatic rings. The van der Waals surface area contributed by atoms with Crippen molar-refractivity contribution in [2.75, 3.05) is 0 Å². The molecule has 44 heavy (non-hydrogen) atoms. The van der Waals surface area contributed by atoms with Gasteiger partial charge >= 0.3 is 0 Å². The van der Waals surface area contributed by atoms with Crippen molar-refractivity contribution < 1.29 is 8.78 Å². The summed E-state index contributed by atoms with van der Waals surface area (Å²) in [5.74, 6) is -0.568. The van der Waals surface area contributed by atoms with Crippen LogP contribution in [-0.4, -0.2) is 10.3 Å². The first-order valence-electron chi connectivity index (χ1n) is 18.5. The second kappa shape index (κ2) is 35.8. The van der Waals surface area contributed by atoms with Crippen LogP contribution in [0.3, 0.4) is 0 Å². The normalized spacial score (nSPS) is 16.1. The Hall–Kier alpha value is -0.0800. The monoisotopic (exact) mass is 673 g/mol. The molecule has 272 valence electrons. The summed E-state index contributed by atoms with van der Waals surface area (Å²) in [6.45, 7) is 42.2. The van der Waals surface area contributed by atoms with Crippen molar-refractivity contribution >= 4 is 23.2 Å². The van der Waals surface area contributed by atoms with Gasteiger partial charge in [0.1, 0.15) is 4.33 Å². The van der Waals surface area contributed by atoms with Crippen LogP contribution in [0.15, 0.2) is 22.3 Å². The van der Waals surface area contributed by atoms with E-state index < -0.39 is 10.3 Å². The number of halogens is 4. The maximum atomic E-state index is 13.2. The highest BCUT2D eigenvalue weighted by Gasteiger charge is 2.36. The smallest absolute Gasteiger partial charge is 0.207 e. The van der Waals surface area contributed by atoms with Crippen LogP contribution >= 0.6 is 23.2 Å². The third-order valence-electron chi connectivity index (χ3n) is 6.03. The molecule has 0 saturated heterocycles. The van der Waals surface area contributed by atoms with Crippen molar-refractivity contribution in [3.63, 3.8) is 0 Å². The summed E-state index contributed by atoms with van der Waals surface area (Å²) in [5, 5.41) is 0. The standard InChI is InChI=1S/C12H20Cl2.C12H20F2.4C3H8.2C2H6/c2*1-8(2)10-5-6-12(13,14)7-11(10)9(3)4;4*1-3-2;2*1-2/h2*8-9H,5-7H2,1-4H3;4*3H2,1-2H3;2*1-2H3. The van der Waals surface area contributed by atoms with Gasteiger partial charge in [-0.25, -0.2) is 8.78 Å². The summed E-state index contributed by atoms with van der Waals surface area (Å²) in [6.07, 6.45) is 8.42. The molecule has 0 aliphatic heterocycles. The fourth-order valence-electron chi connectivity index (χ4n) is 4.39. The van der Waals surface area contributed by atoms with Gasteiger partial charge in [0.2, 0.25) is 0 Å². The summed E-state index contributed by atoms with van der Waals surface area (Å²) < 4.78 is 25.9. The molecule has 0 aromatic carbocycles. The third-order valence-corrected chi connectivity index (χ3v) is 6.68. The molecule has 0 aromatic rings. The molecule has 0 amide bonds. The highest BCUT2D eigenvalue weighted by atomic mass is 35.5. The molecule has 4 heteroatoms. The number of rotatable bonds is 4. The Balaban J connectivity index is -0.000000112. The molecular formula is C40H84Cl2F2. The van der Waals surface area contributed by atoms with Crippen molar-refractivity contribution in [3.05, 3.63) is 22.3 Å². The Labute approximate surface area is 290 Å². The fourth-order valence-corrected chi connectivity index (χ4v) is 4.86. The number of hydrogen-bond donors (Lipinski definition) is 0. The van der Waals surface area contributed by atoms with Gasteiger partial charge in [0, 0.05) is 19.3 Å². The first-order valence-corrected chi connectivity index (χ1v) is 19.3. The lowest BCUT2D eigenvalue weighted by molar-refractivity contribution is -0.0152.